The van der Waals surface area contributed by atoms with Gasteiger partial charge < -0.3 is 21.1 Å². The van der Waals surface area contributed by atoms with Crippen LogP contribution in [0.4, 0.5) is 5.69 Å². The van der Waals surface area contributed by atoms with Crippen molar-refractivity contribution < 1.29 is 9.90 Å². The van der Waals surface area contributed by atoms with Crippen molar-refractivity contribution in [2.75, 3.05) is 31.1 Å². The molecule has 0 radical (unpaired) electrons. The molecule has 18 heavy (non-hydrogen) atoms. The first-order valence-corrected chi connectivity index (χ1v) is 5.93. The number of carbonyl (C=O) groups is 1. The molecule has 1 aromatic rings. The van der Waals surface area contributed by atoms with Crippen LogP contribution in [0.25, 0.3) is 6.08 Å². The van der Waals surface area contributed by atoms with Crippen molar-refractivity contribution >= 4 is 17.7 Å². The quantitative estimate of drug-likeness (QED) is 0.536. The fraction of sp³-hybridized carbons (Fsp3) is 0.308. The smallest absolute Gasteiger partial charge is 0.283 e. The number of benzene rings is 1. The number of aliphatic hydroxyl groups excluding tert-OH is 1. The average molecular weight is 247 g/mol. The van der Waals surface area contributed by atoms with Crippen molar-refractivity contribution in [1.29, 1.82) is 0 Å². The normalized spacial score (nSPS) is 16.7. The molecule has 0 bridgehead atoms. The number of primary amides is 1. The first-order valence-electron chi connectivity index (χ1n) is 5.93. The maximum absolute atomic E-state index is 10.8. The number of amides is 1. The third kappa shape index (κ3) is 3.01. The molecule has 1 aliphatic rings. The summed E-state index contributed by atoms with van der Waals surface area (Å²) in [4.78, 5) is 13.0. The van der Waals surface area contributed by atoms with Gasteiger partial charge >= 0.3 is 0 Å². The summed E-state index contributed by atoms with van der Waals surface area (Å²) in [5.74, 6) is -1.24. The molecule has 1 fully saturated rings. The summed E-state index contributed by atoms with van der Waals surface area (Å²) in [5.41, 5.74) is 6.84. The number of hydrogen-bond acceptors (Lipinski definition) is 4. The van der Waals surface area contributed by atoms with Crippen LogP contribution in [0.3, 0.4) is 0 Å². The maximum atomic E-state index is 10.8. The van der Waals surface area contributed by atoms with Gasteiger partial charge in [0.05, 0.1) is 0 Å². The first kappa shape index (κ1) is 12.4. The number of nitrogens with two attached hydrogens (primary N) is 1. The van der Waals surface area contributed by atoms with Crippen molar-refractivity contribution in [2.24, 2.45) is 5.73 Å². The number of anilines is 1. The molecule has 5 heteroatoms. The summed E-state index contributed by atoms with van der Waals surface area (Å²) in [6, 6.07) is 7.68. The second kappa shape index (κ2) is 5.55. The molecular formula is C13H17N3O2. The summed E-state index contributed by atoms with van der Waals surface area (Å²) in [7, 11) is 0. The van der Waals surface area contributed by atoms with Gasteiger partial charge in [-0.2, -0.15) is 0 Å². The van der Waals surface area contributed by atoms with Crippen LogP contribution in [0.2, 0.25) is 0 Å². The Morgan fingerprint density at radius 2 is 2.11 bits per heavy atom. The van der Waals surface area contributed by atoms with E-state index in [2.05, 4.69) is 10.2 Å². The maximum Gasteiger partial charge on any atom is 0.283 e. The minimum absolute atomic E-state index is 0.424. The average Bonchev–Trinajstić information content (AvgIpc) is 2.40. The van der Waals surface area contributed by atoms with Gasteiger partial charge in [-0.15, -0.1) is 0 Å². The van der Waals surface area contributed by atoms with Gasteiger partial charge in [0.1, 0.15) is 0 Å². The first-order chi connectivity index (χ1) is 8.66. The fourth-order valence-corrected chi connectivity index (χ4v) is 1.96. The number of aliphatic hydroxyl groups is 1. The van der Waals surface area contributed by atoms with Crippen LogP contribution in [0.15, 0.2) is 30.0 Å². The van der Waals surface area contributed by atoms with E-state index >= 15 is 0 Å². The van der Waals surface area contributed by atoms with Crippen LogP contribution in [-0.2, 0) is 4.79 Å². The molecule has 1 aromatic carbocycles. The van der Waals surface area contributed by atoms with Gasteiger partial charge in [0.15, 0.2) is 5.76 Å². The number of nitrogens with one attached hydrogen (secondary N) is 1. The van der Waals surface area contributed by atoms with E-state index in [1.54, 1.807) is 0 Å². The molecule has 1 amide bonds. The van der Waals surface area contributed by atoms with E-state index in [0.717, 1.165) is 37.4 Å². The molecule has 1 saturated heterocycles. The number of carbonyl (C=O) groups excluding carboxylic acids is 1. The van der Waals surface area contributed by atoms with Crippen LogP contribution >= 0.6 is 0 Å². The van der Waals surface area contributed by atoms with E-state index in [9.17, 15) is 9.90 Å². The summed E-state index contributed by atoms with van der Waals surface area (Å²) in [5, 5.41) is 12.6. The Morgan fingerprint density at radius 3 is 2.78 bits per heavy atom. The summed E-state index contributed by atoms with van der Waals surface area (Å²) < 4.78 is 0. The third-order valence-corrected chi connectivity index (χ3v) is 2.91. The lowest BCUT2D eigenvalue weighted by Gasteiger charge is -2.29. The Labute approximate surface area is 106 Å². The summed E-state index contributed by atoms with van der Waals surface area (Å²) in [6.07, 6.45) is 1.38. The second-order valence-electron chi connectivity index (χ2n) is 4.23. The predicted octanol–water partition coefficient (Wildman–Crippen LogP) is 0.480. The molecule has 0 atom stereocenters. The molecule has 0 aliphatic carbocycles. The van der Waals surface area contributed by atoms with Crippen LogP contribution in [0, 0.1) is 0 Å². The van der Waals surface area contributed by atoms with Crippen LogP contribution in [-0.4, -0.2) is 37.2 Å². The monoisotopic (exact) mass is 247 g/mol. The standard InChI is InChI=1S/C13H17N3O2/c14-13(18)12(17)9-10-2-1-3-11(8-10)16-6-4-15-5-7-16/h1-3,8-9,15,17H,4-7H2,(H2,14,18)/b12-9-. The highest BCUT2D eigenvalue weighted by atomic mass is 16.3. The zero-order valence-corrected chi connectivity index (χ0v) is 10.1. The molecule has 1 heterocycles. The Morgan fingerprint density at radius 1 is 1.39 bits per heavy atom. The molecule has 0 saturated carbocycles. The molecule has 96 valence electrons. The lowest BCUT2D eigenvalue weighted by atomic mass is 10.1. The Kier molecular flexibility index (Phi) is 3.84. The van der Waals surface area contributed by atoms with Crippen molar-refractivity contribution in [3.05, 3.63) is 35.6 Å². The van der Waals surface area contributed by atoms with Gasteiger partial charge in [0, 0.05) is 31.9 Å². The van der Waals surface area contributed by atoms with Gasteiger partial charge in [0.2, 0.25) is 0 Å². The van der Waals surface area contributed by atoms with Gasteiger partial charge in [-0.05, 0) is 23.8 Å². The van der Waals surface area contributed by atoms with E-state index in [4.69, 9.17) is 5.73 Å². The van der Waals surface area contributed by atoms with E-state index in [0.29, 0.717) is 0 Å². The topological polar surface area (TPSA) is 78.6 Å². The minimum Gasteiger partial charge on any atom is -0.503 e. The molecule has 0 unspecified atom stereocenters. The fourth-order valence-electron chi connectivity index (χ4n) is 1.96. The Bertz CT molecular complexity index is 465. The molecule has 1 aliphatic heterocycles. The third-order valence-electron chi connectivity index (χ3n) is 2.91. The Hall–Kier alpha value is -2.01. The van der Waals surface area contributed by atoms with E-state index < -0.39 is 11.7 Å². The highest BCUT2D eigenvalue weighted by Gasteiger charge is 2.10. The molecular weight excluding hydrogens is 230 g/mol. The van der Waals surface area contributed by atoms with Crippen LogP contribution in [0.5, 0.6) is 0 Å². The van der Waals surface area contributed by atoms with Gasteiger partial charge in [-0.3, -0.25) is 4.79 Å². The zero-order valence-electron chi connectivity index (χ0n) is 10.1. The minimum atomic E-state index is -0.817. The number of hydrogen-bond donors (Lipinski definition) is 3. The van der Waals surface area contributed by atoms with Crippen LogP contribution in [0.1, 0.15) is 5.56 Å². The molecule has 4 N–H and O–H groups in total. The highest BCUT2D eigenvalue weighted by molar-refractivity contribution is 5.94. The van der Waals surface area contributed by atoms with Crippen LogP contribution < -0.4 is 16.0 Å². The highest BCUT2D eigenvalue weighted by Crippen LogP contribution is 2.18. The van der Waals surface area contributed by atoms with Gasteiger partial charge in [0.25, 0.3) is 5.91 Å². The van der Waals surface area contributed by atoms with E-state index in [1.807, 2.05) is 24.3 Å². The SMILES string of the molecule is NC(=O)/C(O)=C/c1cccc(N2CCNCC2)c1. The Balaban J connectivity index is 2.19. The number of nitrogens with zero attached hydrogens (tertiary/aromatic N) is 1. The number of piperazine rings is 1. The van der Waals surface area contributed by atoms with E-state index in [1.165, 1.54) is 6.08 Å². The molecule has 2 rings (SSSR count). The van der Waals surface area contributed by atoms with E-state index in [-0.39, 0.29) is 0 Å². The lowest BCUT2D eigenvalue weighted by molar-refractivity contribution is -0.116. The molecule has 0 spiro atoms. The van der Waals surface area contributed by atoms with Crippen molar-refractivity contribution in [1.82, 2.24) is 5.32 Å². The summed E-state index contributed by atoms with van der Waals surface area (Å²) in [6.45, 7) is 3.84. The lowest BCUT2D eigenvalue weighted by Crippen LogP contribution is -2.43. The van der Waals surface area contributed by atoms with Crippen molar-refractivity contribution in [2.45, 2.75) is 0 Å². The molecule has 0 aromatic heterocycles. The number of rotatable bonds is 3. The van der Waals surface area contributed by atoms with Gasteiger partial charge in [-0.1, -0.05) is 12.1 Å². The molecule has 5 nitrogen and oxygen atoms in total. The predicted molar refractivity (Wildman–Crippen MR) is 71.3 cm³/mol. The zero-order chi connectivity index (χ0) is 13.0. The largest absolute Gasteiger partial charge is 0.503 e. The van der Waals surface area contributed by atoms with Crippen molar-refractivity contribution in [3.63, 3.8) is 0 Å². The van der Waals surface area contributed by atoms with Crippen molar-refractivity contribution in [3.8, 4) is 0 Å². The second-order valence-corrected chi connectivity index (χ2v) is 4.23. The van der Waals surface area contributed by atoms with Gasteiger partial charge in [-0.25, -0.2) is 0 Å². The summed E-state index contributed by atoms with van der Waals surface area (Å²) >= 11 is 0.